The number of hydrogen-bond acceptors (Lipinski definition) is 2. The third kappa shape index (κ3) is 5.13. The highest BCUT2D eigenvalue weighted by atomic mass is 32.2. The summed E-state index contributed by atoms with van der Waals surface area (Å²) in [6.45, 7) is 8.63. The van der Waals surface area contributed by atoms with Gasteiger partial charge in [-0.3, -0.25) is 0 Å². The van der Waals surface area contributed by atoms with Crippen molar-refractivity contribution in [2.75, 3.05) is 0 Å². The van der Waals surface area contributed by atoms with Crippen LogP contribution in [0.25, 0.3) is 0 Å². The van der Waals surface area contributed by atoms with Crippen LogP contribution in [-0.2, 0) is 11.0 Å². The first-order valence-corrected chi connectivity index (χ1v) is 7.58. The minimum absolute atomic E-state index is 0. The predicted molar refractivity (Wildman–Crippen MR) is 83.9 cm³/mol. The van der Waals surface area contributed by atoms with E-state index in [4.69, 9.17) is 0 Å². The Labute approximate surface area is 124 Å². The van der Waals surface area contributed by atoms with E-state index >= 15 is 0 Å². The first-order chi connectivity index (χ1) is 9.00. The van der Waals surface area contributed by atoms with Gasteiger partial charge in [-0.15, -0.1) is 0 Å². The van der Waals surface area contributed by atoms with Crippen LogP contribution in [0.15, 0.2) is 28.7 Å². The zero-order valence-electron chi connectivity index (χ0n) is 12.6. The van der Waals surface area contributed by atoms with E-state index in [0.29, 0.717) is 5.71 Å². The molecule has 0 radical (unpaired) electrons. The van der Waals surface area contributed by atoms with Crippen molar-refractivity contribution in [1.82, 2.24) is 0 Å². The number of aliphatic hydroxyl groups is 1. The van der Waals surface area contributed by atoms with E-state index in [1.165, 1.54) is 6.07 Å². The first kappa shape index (κ1) is 17.0. The fourth-order valence-corrected chi connectivity index (χ4v) is 2.16. The van der Waals surface area contributed by atoms with Crippen LogP contribution in [-0.4, -0.2) is 25.4 Å². The lowest BCUT2D eigenvalue weighted by atomic mass is 9.97. The molecular formula is C15H24FNO2S. The number of benzene rings is 1. The maximum Gasteiger partial charge on any atom is 0.145 e. The summed E-state index contributed by atoms with van der Waals surface area (Å²) in [5.74, 6) is -0.429. The lowest BCUT2D eigenvalue weighted by molar-refractivity contribution is 0.0888. The Bertz CT molecular complexity index is 533. The highest BCUT2D eigenvalue weighted by Gasteiger charge is 2.24. The topological polar surface area (TPSA) is 49.7 Å². The van der Waals surface area contributed by atoms with Gasteiger partial charge in [0.25, 0.3) is 0 Å². The predicted octanol–water partition coefficient (Wildman–Crippen LogP) is 3.48. The van der Waals surface area contributed by atoms with Crippen molar-refractivity contribution >= 4 is 16.7 Å². The molecule has 1 aromatic rings. The highest BCUT2D eigenvalue weighted by Crippen LogP contribution is 2.20. The van der Waals surface area contributed by atoms with Crippen molar-refractivity contribution in [3.63, 3.8) is 0 Å². The second kappa shape index (κ2) is 6.14. The van der Waals surface area contributed by atoms with Gasteiger partial charge >= 0.3 is 0 Å². The Balaban J connectivity index is 0.00000400. The molecular weight excluding hydrogens is 277 g/mol. The average Bonchev–Trinajstić information content (AvgIpc) is 2.25. The molecule has 1 atom stereocenters. The van der Waals surface area contributed by atoms with Gasteiger partial charge in [0.2, 0.25) is 0 Å². The molecule has 1 rings (SSSR count). The number of rotatable bonds is 4. The molecule has 0 amide bonds. The van der Waals surface area contributed by atoms with Gasteiger partial charge < -0.3 is 5.11 Å². The first-order valence-electron chi connectivity index (χ1n) is 6.47. The van der Waals surface area contributed by atoms with E-state index in [1.54, 1.807) is 52.8 Å². The SMILES string of the molecule is CC(C)(O)C/C(=N\[S@](=O)C(C)(C)C)c1ccccc1F.[HH]. The fourth-order valence-electron chi connectivity index (χ4n) is 1.52. The minimum atomic E-state index is -1.50. The highest BCUT2D eigenvalue weighted by molar-refractivity contribution is 7.85. The number of halogens is 1. The quantitative estimate of drug-likeness (QED) is 0.866. The van der Waals surface area contributed by atoms with Gasteiger partial charge in [0.1, 0.15) is 16.8 Å². The molecule has 0 aliphatic rings. The van der Waals surface area contributed by atoms with Crippen LogP contribution >= 0.6 is 0 Å². The van der Waals surface area contributed by atoms with Crippen molar-refractivity contribution in [3.05, 3.63) is 35.6 Å². The number of nitrogens with zero attached hydrogens (tertiary/aromatic N) is 1. The second-order valence-electron chi connectivity index (χ2n) is 6.37. The normalized spacial score (nSPS) is 15.2. The van der Waals surface area contributed by atoms with Crippen LogP contribution in [0.4, 0.5) is 4.39 Å². The Kier molecular flexibility index (Phi) is 5.21. The van der Waals surface area contributed by atoms with Crippen LogP contribution < -0.4 is 0 Å². The lowest BCUT2D eigenvalue weighted by Gasteiger charge is -2.20. The van der Waals surface area contributed by atoms with Gasteiger partial charge in [-0.05, 0) is 40.7 Å². The Hall–Kier alpha value is -1.07. The molecule has 0 aliphatic carbocycles. The molecule has 0 unspecified atom stereocenters. The maximum atomic E-state index is 13.9. The van der Waals surface area contributed by atoms with Crippen molar-refractivity contribution in [2.24, 2.45) is 4.40 Å². The van der Waals surface area contributed by atoms with Crippen LogP contribution in [0, 0.1) is 5.82 Å². The lowest BCUT2D eigenvalue weighted by Crippen LogP contribution is -2.27. The summed E-state index contributed by atoms with van der Waals surface area (Å²) in [6.07, 6.45) is 0.135. The molecule has 0 spiro atoms. The van der Waals surface area contributed by atoms with Gasteiger partial charge in [0.15, 0.2) is 0 Å². The Morgan fingerprint density at radius 3 is 2.30 bits per heavy atom. The summed E-state index contributed by atoms with van der Waals surface area (Å²) in [5, 5.41) is 9.95. The van der Waals surface area contributed by atoms with Crippen molar-refractivity contribution < 1.29 is 15.1 Å². The molecule has 1 N–H and O–H groups in total. The van der Waals surface area contributed by atoms with E-state index in [9.17, 15) is 13.7 Å². The average molecular weight is 301 g/mol. The molecule has 0 bridgehead atoms. The molecule has 0 fully saturated rings. The zero-order chi connectivity index (χ0) is 15.6. The summed E-state index contributed by atoms with van der Waals surface area (Å²) in [7, 11) is -1.50. The smallest absolute Gasteiger partial charge is 0.145 e. The Morgan fingerprint density at radius 1 is 1.30 bits per heavy atom. The molecule has 1 aromatic carbocycles. The van der Waals surface area contributed by atoms with Crippen molar-refractivity contribution in [1.29, 1.82) is 0 Å². The van der Waals surface area contributed by atoms with Crippen molar-refractivity contribution in [3.8, 4) is 0 Å². The maximum absolute atomic E-state index is 13.9. The zero-order valence-corrected chi connectivity index (χ0v) is 13.4. The fraction of sp³-hybridized carbons (Fsp3) is 0.533. The van der Waals surface area contributed by atoms with Gasteiger partial charge in [0, 0.05) is 13.4 Å². The molecule has 0 heterocycles. The molecule has 0 saturated carbocycles. The largest absolute Gasteiger partial charge is 0.390 e. The van der Waals surface area contributed by atoms with E-state index in [0.717, 1.165) is 0 Å². The van der Waals surface area contributed by atoms with Gasteiger partial charge in [-0.1, -0.05) is 18.2 Å². The molecule has 0 aromatic heterocycles. The third-order valence-electron chi connectivity index (χ3n) is 2.50. The van der Waals surface area contributed by atoms with Crippen LogP contribution in [0.2, 0.25) is 0 Å². The molecule has 0 aliphatic heterocycles. The van der Waals surface area contributed by atoms with Gasteiger partial charge in [-0.25, -0.2) is 8.60 Å². The van der Waals surface area contributed by atoms with Crippen LogP contribution in [0.3, 0.4) is 0 Å². The van der Waals surface area contributed by atoms with Crippen LogP contribution in [0.1, 0.15) is 48.0 Å². The van der Waals surface area contributed by atoms with Crippen molar-refractivity contribution in [2.45, 2.75) is 51.4 Å². The molecule has 0 saturated heterocycles. The third-order valence-corrected chi connectivity index (χ3v) is 3.94. The van der Waals surface area contributed by atoms with Crippen LogP contribution in [0.5, 0.6) is 0 Å². The van der Waals surface area contributed by atoms with Gasteiger partial charge in [0.05, 0.1) is 16.1 Å². The molecule has 3 nitrogen and oxygen atoms in total. The molecule has 114 valence electrons. The summed E-state index contributed by atoms with van der Waals surface area (Å²) in [5.41, 5.74) is -0.445. The monoisotopic (exact) mass is 301 g/mol. The summed E-state index contributed by atoms with van der Waals surface area (Å²) in [4.78, 5) is 0. The van der Waals surface area contributed by atoms with E-state index in [2.05, 4.69) is 4.40 Å². The standard InChI is InChI=1S/C15H22FNO2S.H2/c1-14(2,3)20(19)17-13(10-15(4,5)18)11-8-6-7-9-12(11)16;/h6-9,18H,10H2,1-5H3;1H/b17-13+;/t20-;/m1./s1. The number of hydrogen-bond donors (Lipinski definition) is 1. The second-order valence-corrected chi connectivity index (χ2v) is 8.27. The van der Waals surface area contributed by atoms with E-state index in [-0.39, 0.29) is 13.4 Å². The summed E-state index contributed by atoms with van der Waals surface area (Å²) < 4.78 is 29.7. The van der Waals surface area contributed by atoms with Gasteiger partial charge in [-0.2, -0.15) is 4.40 Å². The van der Waals surface area contributed by atoms with E-state index in [1.807, 2.05) is 0 Å². The minimum Gasteiger partial charge on any atom is -0.390 e. The van der Waals surface area contributed by atoms with E-state index < -0.39 is 27.2 Å². The summed E-state index contributed by atoms with van der Waals surface area (Å²) >= 11 is 0. The molecule has 20 heavy (non-hydrogen) atoms. The summed E-state index contributed by atoms with van der Waals surface area (Å²) in [6, 6.07) is 6.19. The Morgan fingerprint density at radius 2 is 1.85 bits per heavy atom. The molecule has 5 heteroatoms.